The molecule has 1 atom stereocenters. The quantitative estimate of drug-likeness (QED) is 0.719. The number of benzene rings is 1. The number of amides is 1. The number of hydrogen-bond acceptors (Lipinski definition) is 6. The van der Waals surface area contributed by atoms with Crippen molar-refractivity contribution in [2.45, 2.75) is 32.9 Å². The minimum Gasteiger partial charge on any atom is -0.452 e. The highest BCUT2D eigenvalue weighted by Gasteiger charge is 2.29. The van der Waals surface area contributed by atoms with E-state index in [4.69, 9.17) is 4.74 Å². The van der Waals surface area contributed by atoms with Crippen LogP contribution in [-0.2, 0) is 25.9 Å². The number of esters is 1. The van der Waals surface area contributed by atoms with Gasteiger partial charge in [0.05, 0.1) is 29.4 Å². The van der Waals surface area contributed by atoms with Crippen LogP contribution in [-0.4, -0.2) is 54.2 Å². The Morgan fingerprint density at radius 2 is 1.96 bits per heavy atom. The monoisotopic (exact) mass is 405 g/mol. The molecule has 1 aromatic heterocycles. The normalized spacial score (nSPS) is 18.0. The number of aromatic nitrogens is 2. The standard InChI is InChI=1S/C19H23N3O5S/c1-13-18(14(2)22(21-13)10-15-6-4-3-5-7-15)19(24)27-11-17(23)20-16-8-9-28(25,26)12-16/h3-7,16H,8-12H2,1-2H3,(H,20,23)/t16-/m1/s1. The molecule has 9 heteroatoms. The molecule has 0 aliphatic carbocycles. The second kappa shape index (κ2) is 8.14. The fraction of sp³-hybridized carbons (Fsp3) is 0.421. The number of hydrogen-bond donors (Lipinski definition) is 1. The van der Waals surface area contributed by atoms with Crippen molar-refractivity contribution in [3.8, 4) is 0 Å². The van der Waals surface area contributed by atoms with Gasteiger partial charge in [0.1, 0.15) is 5.56 Å². The molecule has 3 rings (SSSR count). The summed E-state index contributed by atoms with van der Waals surface area (Å²) in [6.07, 6.45) is 0.381. The Morgan fingerprint density at radius 1 is 1.25 bits per heavy atom. The molecule has 150 valence electrons. The van der Waals surface area contributed by atoms with Crippen LogP contribution in [0.4, 0.5) is 0 Å². The van der Waals surface area contributed by atoms with Crippen LogP contribution in [0.25, 0.3) is 0 Å². The highest BCUT2D eigenvalue weighted by atomic mass is 32.2. The number of nitrogens with one attached hydrogen (secondary N) is 1. The first-order valence-electron chi connectivity index (χ1n) is 9.00. The van der Waals surface area contributed by atoms with E-state index in [0.29, 0.717) is 29.9 Å². The lowest BCUT2D eigenvalue weighted by atomic mass is 10.2. The minimum atomic E-state index is -3.08. The zero-order valence-electron chi connectivity index (χ0n) is 15.8. The zero-order valence-corrected chi connectivity index (χ0v) is 16.7. The number of nitrogens with zero attached hydrogens (tertiary/aromatic N) is 2. The molecule has 1 N–H and O–H groups in total. The molecule has 1 aromatic carbocycles. The maximum Gasteiger partial charge on any atom is 0.342 e. The Labute approximate surface area is 163 Å². The van der Waals surface area contributed by atoms with E-state index in [1.807, 2.05) is 30.3 Å². The molecule has 0 saturated carbocycles. The number of aryl methyl sites for hydroxylation is 1. The lowest BCUT2D eigenvalue weighted by Gasteiger charge is -2.11. The van der Waals surface area contributed by atoms with Gasteiger partial charge in [0.15, 0.2) is 16.4 Å². The summed E-state index contributed by atoms with van der Waals surface area (Å²) >= 11 is 0. The van der Waals surface area contributed by atoms with Crippen molar-refractivity contribution in [1.29, 1.82) is 0 Å². The van der Waals surface area contributed by atoms with Gasteiger partial charge in [-0.05, 0) is 25.8 Å². The molecule has 8 nitrogen and oxygen atoms in total. The van der Waals surface area contributed by atoms with Gasteiger partial charge < -0.3 is 10.1 Å². The molecule has 1 saturated heterocycles. The topological polar surface area (TPSA) is 107 Å². The number of rotatable bonds is 6. The van der Waals surface area contributed by atoms with Gasteiger partial charge in [-0.25, -0.2) is 13.2 Å². The van der Waals surface area contributed by atoms with Crippen molar-refractivity contribution in [3.63, 3.8) is 0 Å². The van der Waals surface area contributed by atoms with E-state index in [1.165, 1.54) is 0 Å². The van der Waals surface area contributed by atoms with E-state index >= 15 is 0 Å². The van der Waals surface area contributed by atoms with Gasteiger partial charge in [-0.2, -0.15) is 5.10 Å². The molecule has 1 aliphatic rings. The number of carbonyl (C=O) groups excluding carboxylic acids is 2. The van der Waals surface area contributed by atoms with E-state index in [2.05, 4.69) is 10.4 Å². The van der Waals surface area contributed by atoms with Gasteiger partial charge in [0.25, 0.3) is 5.91 Å². The summed E-state index contributed by atoms with van der Waals surface area (Å²) in [5, 5.41) is 6.99. The van der Waals surface area contributed by atoms with Gasteiger partial charge in [-0.3, -0.25) is 9.48 Å². The highest BCUT2D eigenvalue weighted by Crippen LogP contribution is 2.16. The minimum absolute atomic E-state index is 0.0662. The molecular formula is C19H23N3O5S. The van der Waals surface area contributed by atoms with Crippen molar-refractivity contribution in [3.05, 3.63) is 52.8 Å². The second-order valence-corrected chi connectivity index (χ2v) is 9.16. The highest BCUT2D eigenvalue weighted by molar-refractivity contribution is 7.91. The fourth-order valence-electron chi connectivity index (χ4n) is 3.28. The van der Waals surface area contributed by atoms with Gasteiger partial charge in [-0.1, -0.05) is 30.3 Å². The Kier molecular flexibility index (Phi) is 5.83. The van der Waals surface area contributed by atoms with Crippen molar-refractivity contribution in [2.75, 3.05) is 18.1 Å². The number of sulfone groups is 1. The molecule has 1 fully saturated rings. The number of ether oxygens (including phenoxy) is 1. The van der Waals surface area contributed by atoms with Crippen LogP contribution in [0.5, 0.6) is 0 Å². The maximum atomic E-state index is 12.4. The molecule has 0 spiro atoms. The third-order valence-electron chi connectivity index (χ3n) is 4.69. The summed E-state index contributed by atoms with van der Waals surface area (Å²) in [4.78, 5) is 24.4. The molecule has 2 heterocycles. The van der Waals surface area contributed by atoms with Crippen LogP contribution < -0.4 is 5.32 Å². The summed E-state index contributed by atoms with van der Waals surface area (Å²) in [5.74, 6) is -1.14. The lowest BCUT2D eigenvalue weighted by molar-refractivity contribution is -0.124. The zero-order chi connectivity index (χ0) is 20.3. The Bertz CT molecular complexity index is 982. The van der Waals surface area contributed by atoms with Gasteiger partial charge in [0, 0.05) is 6.04 Å². The van der Waals surface area contributed by atoms with Crippen LogP contribution in [0.2, 0.25) is 0 Å². The first-order chi connectivity index (χ1) is 13.2. The second-order valence-electron chi connectivity index (χ2n) is 6.93. The summed E-state index contributed by atoms with van der Waals surface area (Å²) in [6, 6.07) is 9.33. The predicted molar refractivity (Wildman–Crippen MR) is 103 cm³/mol. The summed E-state index contributed by atoms with van der Waals surface area (Å²) in [7, 11) is -3.08. The smallest absolute Gasteiger partial charge is 0.342 e. The third-order valence-corrected chi connectivity index (χ3v) is 6.46. The molecule has 2 aromatic rings. The van der Waals surface area contributed by atoms with Crippen LogP contribution in [0, 0.1) is 13.8 Å². The van der Waals surface area contributed by atoms with E-state index in [-0.39, 0.29) is 11.5 Å². The molecule has 1 amide bonds. The van der Waals surface area contributed by atoms with Gasteiger partial charge in [0.2, 0.25) is 0 Å². The largest absolute Gasteiger partial charge is 0.452 e. The van der Waals surface area contributed by atoms with Gasteiger partial charge >= 0.3 is 5.97 Å². The van der Waals surface area contributed by atoms with Crippen LogP contribution in [0.1, 0.15) is 33.7 Å². The average molecular weight is 405 g/mol. The molecule has 0 radical (unpaired) electrons. The van der Waals surface area contributed by atoms with E-state index in [0.717, 1.165) is 5.56 Å². The van der Waals surface area contributed by atoms with E-state index < -0.39 is 34.4 Å². The van der Waals surface area contributed by atoms with Crippen molar-refractivity contribution in [1.82, 2.24) is 15.1 Å². The molecule has 0 bridgehead atoms. The predicted octanol–water partition coefficient (Wildman–Crippen LogP) is 1.01. The van der Waals surface area contributed by atoms with E-state index in [1.54, 1.807) is 18.5 Å². The summed E-state index contributed by atoms with van der Waals surface area (Å²) in [5.41, 5.74) is 2.58. The van der Waals surface area contributed by atoms with Crippen LogP contribution in [0.15, 0.2) is 30.3 Å². The Morgan fingerprint density at radius 3 is 2.61 bits per heavy atom. The summed E-state index contributed by atoms with van der Waals surface area (Å²) in [6.45, 7) is 3.56. The fourth-order valence-corrected chi connectivity index (χ4v) is 4.96. The van der Waals surface area contributed by atoms with Crippen LogP contribution >= 0.6 is 0 Å². The SMILES string of the molecule is Cc1nn(Cc2ccccc2)c(C)c1C(=O)OCC(=O)N[C@@H]1CCS(=O)(=O)C1. The van der Waals surface area contributed by atoms with Crippen molar-refractivity contribution < 1.29 is 22.7 Å². The maximum absolute atomic E-state index is 12.4. The Balaban J connectivity index is 1.59. The van der Waals surface area contributed by atoms with Crippen molar-refractivity contribution in [2.24, 2.45) is 0 Å². The Hall–Kier alpha value is -2.68. The molecule has 0 unspecified atom stereocenters. The van der Waals surface area contributed by atoms with Crippen molar-refractivity contribution >= 4 is 21.7 Å². The molecule has 1 aliphatic heterocycles. The van der Waals surface area contributed by atoms with Gasteiger partial charge in [-0.15, -0.1) is 0 Å². The van der Waals surface area contributed by atoms with Crippen LogP contribution in [0.3, 0.4) is 0 Å². The summed E-state index contributed by atoms with van der Waals surface area (Å²) < 4.78 is 29.7. The first kappa shape index (κ1) is 20.1. The molecular weight excluding hydrogens is 382 g/mol. The molecule has 28 heavy (non-hydrogen) atoms. The average Bonchev–Trinajstić information content (AvgIpc) is 3.12. The third kappa shape index (κ3) is 4.78. The van der Waals surface area contributed by atoms with E-state index in [9.17, 15) is 18.0 Å². The first-order valence-corrected chi connectivity index (χ1v) is 10.8. The number of carbonyl (C=O) groups is 2. The lowest BCUT2D eigenvalue weighted by Crippen LogP contribution is -2.38.